The number of nitrogens with zero attached hydrogens (tertiary/aromatic N) is 1. The number of anilines is 3. The second-order valence-corrected chi connectivity index (χ2v) is 7.08. The number of para-hydroxylation sites is 1. The average Bonchev–Trinajstić information content (AvgIpc) is 3.17. The Morgan fingerprint density at radius 1 is 1.24 bits per heavy atom. The van der Waals surface area contributed by atoms with E-state index in [9.17, 15) is 19.5 Å². The van der Waals surface area contributed by atoms with Crippen LogP contribution in [0.5, 0.6) is 5.75 Å². The Kier molecular flexibility index (Phi) is 3.82. The van der Waals surface area contributed by atoms with Gasteiger partial charge in [0.1, 0.15) is 11.4 Å². The van der Waals surface area contributed by atoms with Crippen LogP contribution in [0, 0.1) is 5.92 Å². The number of phenols is 1. The van der Waals surface area contributed by atoms with Crippen LogP contribution >= 0.6 is 0 Å². The molecular formula is C18H21N3O4. The minimum absolute atomic E-state index is 0.117. The first-order valence-corrected chi connectivity index (χ1v) is 8.08. The molecular weight excluding hydrogens is 322 g/mol. The van der Waals surface area contributed by atoms with Crippen molar-refractivity contribution in [2.45, 2.75) is 25.8 Å². The van der Waals surface area contributed by atoms with Gasteiger partial charge >= 0.3 is 0 Å². The van der Waals surface area contributed by atoms with Gasteiger partial charge in [0.15, 0.2) is 5.75 Å². The summed E-state index contributed by atoms with van der Waals surface area (Å²) in [5.74, 6) is -0.200. The first-order chi connectivity index (χ1) is 11.7. The van der Waals surface area contributed by atoms with E-state index in [1.165, 1.54) is 11.0 Å². The molecule has 0 radical (unpaired) electrons. The van der Waals surface area contributed by atoms with Crippen LogP contribution in [0.15, 0.2) is 27.8 Å². The fourth-order valence-corrected chi connectivity index (χ4v) is 2.86. The molecule has 2 atom stereocenters. The number of hydrogen-bond acceptors (Lipinski definition) is 6. The maximum absolute atomic E-state index is 12.1. The number of rotatable bonds is 5. The number of carbonyl (C=O) groups is 1. The summed E-state index contributed by atoms with van der Waals surface area (Å²) in [6, 6.07) is 4.64. The summed E-state index contributed by atoms with van der Waals surface area (Å²) >= 11 is 0. The van der Waals surface area contributed by atoms with E-state index in [1.807, 2.05) is 6.92 Å². The first-order valence-electron chi connectivity index (χ1n) is 8.08. The summed E-state index contributed by atoms with van der Waals surface area (Å²) in [4.78, 5) is 37.3. The van der Waals surface area contributed by atoms with Gasteiger partial charge in [0.2, 0.25) is 0 Å². The fraction of sp³-hybridized carbons (Fsp3) is 0.389. The molecule has 3 rings (SSSR count). The zero-order valence-corrected chi connectivity index (χ0v) is 14.6. The highest BCUT2D eigenvalue weighted by Gasteiger charge is 2.48. The Hall–Kier alpha value is -2.83. The van der Waals surface area contributed by atoms with Crippen molar-refractivity contribution >= 4 is 23.0 Å². The second-order valence-electron chi connectivity index (χ2n) is 7.08. The summed E-state index contributed by atoms with van der Waals surface area (Å²) < 4.78 is 0. The molecule has 7 nitrogen and oxygen atoms in total. The largest absolute Gasteiger partial charge is 0.505 e. The van der Waals surface area contributed by atoms with E-state index in [4.69, 9.17) is 0 Å². The van der Waals surface area contributed by atoms with Crippen LogP contribution in [0.25, 0.3) is 0 Å². The monoisotopic (exact) mass is 343 g/mol. The van der Waals surface area contributed by atoms with Crippen LogP contribution in [-0.2, 0) is 0 Å². The number of phenolic OH excluding ortho intramolecular Hbond substituents is 1. The van der Waals surface area contributed by atoms with Crippen LogP contribution < -0.4 is 21.5 Å². The zero-order chi connectivity index (χ0) is 18.5. The maximum Gasteiger partial charge on any atom is 0.257 e. The van der Waals surface area contributed by atoms with Crippen LogP contribution in [0.3, 0.4) is 0 Å². The van der Waals surface area contributed by atoms with Gasteiger partial charge in [-0.2, -0.15) is 0 Å². The van der Waals surface area contributed by atoms with Crippen molar-refractivity contribution in [2.75, 3.05) is 24.7 Å². The Labute approximate surface area is 145 Å². The number of benzene rings is 1. The van der Waals surface area contributed by atoms with Crippen LogP contribution in [-0.4, -0.2) is 35.5 Å². The van der Waals surface area contributed by atoms with E-state index in [1.54, 1.807) is 26.2 Å². The van der Waals surface area contributed by atoms with Gasteiger partial charge in [0, 0.05) is 19.6 Å². The van der Waals surface area contributed by atoms with Crippen molar-refractivity contribution in [3.63, 3.8) is 0 Å². The molecule has 3 N–H and O–H groups in total. The molecule has 0 aliphatic heterocycles. The summed E-state index contributed by atoms with van der Waals surface area (Å²) in [5.41, 5.74) is -0.715. The first kappa shape index (κ1) is 17.0. The molecule has 25 heavy (non-hydrogen) atoms. The van der Waals surface area contributed by atoms with Gasteiger partial charge < -0.3 is 20.6 Å². The highest BCUT2D eigenvalue weighted by atomic mass is 16.3. The zero-order valence-electron chi connectivity index (χ0n) is 14.6. The predicted octanol–water partition coefficient (Wildman–Crippen LogP) is 1.64. The van der Waals surface area contributed by atoms with Crippen LogP contribution in [0.4, 0.5) is 17.1 Å². The van der Waals surface area contributed by atoms with Gasteiger partial charge in [-0.25, -0.2) is 0 Å². The van der Waals surface area contributed by atoms with Crippen molar-refractivity contribution in [1.82, 2.24) is 4.90 Å². The number of nitrogens with one attached hydrogen (secondary N) is 2. The Morgan fingerprint density at radius 2 is 1.84 bits per heavy atom. The van der Waals surface area contributed by atoms with Gasteiger partial charge in [0.25, 0.3) is 16.8 Å². The van der Waals surface area contributed by atoms with Crippen molar-refractivity contribution < 1.29 is 9.90 Å². The smallest absolute Gasteiger partial charge is 0.257 e. The molecule has 2 aromatic carbocycles. The molecule has 0 saturated heterocycles. The lowest BCUT2D eigenvalue weighted by atomic mass is 10.1. The number of carbonyl (C=O) groups excluding carboxylic acids is 1. The molecule has 1 fully saturated rings. The standard InChI is InChI=1S/C18H21N3O4/c1-9-8-18(9,2)20-13-12(15(23)16(13)24)19-11-7-5-6-10(14(11)22)17(25)21(3)4/h5-7,9,19-20,22H,8H2,1-4H3. The lowest BCUT2D eigenvalue weighted by Gasteiger charge is -2.20. The van der Waals surface area contributed by atoms with Crippen LogP contribution in [0.1, 0.15) is 30.6 Å². The molecule has 1 saturated carbocycles. The normalized spacial score (nSPS) is 21.8. The molecule has 1 amide bonds. The summed E-state index contributed by atoms with van der Waals surface area (Å²) in [7, 11) is 3.16. The van der Waals surface area contributed by atoms with Crippen molar-refractivity contribution in [1.29, 1.82) is 0 Å². The summed E-state index contributed by atoms with van der Waals surface area (Å²) in [6.45, 7) is 4.06. The van der Waals surface area contributed by atoms with Gasteiger partial charge in [-0.1, -0.05) is 13.0 Å². The van der Waals surface area contributed by atoms with E-state index in [2.05, 4.69) is 17.6 Å². The maximum atomic E-state index is 12.1. The molecule has 2 aromatic rings. The van der Waals surface area contributed by atoms with E-state index >= 15 is 0 Å². The Bertz CT molecular complexity index is 927. The highest BCUT2D eigenvalue weighted by molar-refractivity contribution is 5.99. The van der Waals surface area contributed by atoms with Crippen molar-refractivity contribution in [3.05, 3.63) is 44.2 Å². The SMILES string of the molecule is CC1CC1(C)Nc1c(Nc2cccc(C(=O)N(C)C)c2O)c(=O)c1=O. The molecule has 0 bridgehead atoms. The number of aromatic hydroxyl groups is 1. The lowest BCUT2D eigenvalue weighted by Crippen LogP contribution is -2.39. The number of amides is 1. The summed E-state index contributed by atoms with van der Waals surface area (Å²) in [5, 5.41) is 16.3. The van der Waals surface area contributed by atoms with Gasteiger partial charge in [0.05, 0.1) is 11.3 Å². The molecule has 1 aliphatic rings. The molecule has 0 aromatic heterocycles. The molecule has 1 aliphatic carbocycles. The second kappa shape index (κ2) is 5.61. The lowest BCUT2D eigenvalue weighted by molar-refractivity contribution is 0.0824. The van der Waals surface area contributed by atoms with Crippen molar-refractivity contribution in [3.8, 4) is 5.75 Å². The van der Waals surface area contributed by atoms with Crippen molar-refractivity contribution in [2.24, 2.45) is 5.92 Å². The third kappa shape index (κ3) is 2.75. The fourth-order valence-electron chi connectivity index (χ4n) is 2.86. The minimum Gasteiger partial charge on any atom is -0.505 e. The van der Waals surface area contributed by atoms with E-state index in [0.717, 1.165) is 6.42 Å². The predicted molar refractivity (Wildman–Crippen MR) is 96.6 cm³/mol. The Balaban J connectivity index is 1.91. The minimum atomic E-state index is -0.636. The molecule has 132 valence electrons. The molecule has 2 unspecified atom stereocenters. The van der Waals surface area contributed by atoms with E-state index in [-0.39, 0.29) is 39.8 Å². The van der Waals surface area contributed by atoms with Gasteiger partial charge in [-0.15, -0.1) is 0 Å². The van der Waals surface area contributed by atoms with Gasteiger partial charge in [-0.3, -0.25) is 14.4 Å². The third-order valence-electron chi connectivity index (χ3n) is 4.91. The Morgan fingerprint density at radius 3 is 2.40 bits per heavy atom. The molecule has 0 spiro atoms. The molecule has 0 heterocycles. The number of hydrogen-bond donors (Lipinski definition) is 3. The summed E-state index contributed by atoms with van der Waals surface area (Å²) in [6.07, 6.45) is 0.920. The topological polar surface area (TPSA) is 98.7 Å². The van der Waals surface area contributed by atoms with E-state index < -0.39 is 10.9 Å². The molecule has 7 heteroatoms. The highest BCUT2D eigenvalue weighted by Crippen LogP contribution is 2.45. The quantitative estimate of drug-likeness (QED) is 0.564. The third-order valence-corrected chi connectivity index (χ3v) is 4.91. The van der Waals surface area contributed by atoms with Gasteiger partial charge in [-0.05, 0) is 31.4 Å². The average molecular weight is 343 g/mol. The van der Waals surface area contributed by atoms with E-state index in [0.29, 0.717) is 5.92 Å². The van der Waals surface area contributed by atoms with Crippen LogP contribution in [0.2, 0.25) is 0 Å².